The molecule has 1 amide bonds. The Morgan fingerprint density at radius 3 is 2.73 bits per heavy atom. The number of halogens is 1. The van der Waals surface area contributed by atoms with Crippen LogP contribution in [0.5, 0.6) is 0 Å². The lowest BCUT2D eigenvalue weighted by molar-refractivity contribution is -0.150. The molecule has 3 rings (SSSR count). The average molecular weight is 450 g/mol. The van der Waals surface area contributed by atoms with Crippen LogP contribution >= 0.6 is 23.1 Å². The molecule has 7 nitrogen and oxygen atoms in total. The van der Waals surface area contributed by atoms with Gasteiger partial charge in [-0.05, 0) is 43.8 Å². The maximum Gasteiger partial charge on any atom is 0.343 e. The van der Waals surface area contributed by atoms with E-state index >= 15 is 0 Å². The summed E-state index contributed by atoms with van der Waals surface area (Å²) in [5.74, 6) is -1.15. The summed E-state index contributed by atoms with van der Waals surface area (Å²) < 4.78 is 9.42. The lowest BCUT2D eigenvalue weighted by Gasteiger charge is -2.43. The number of nitrogens with one attached hydrogen (secondary N) is 1. The van der Waals surface area contributed by atoms with Gasteiger partial charge in [0.2, 0.25) is 0 Å². The number of hydrogen-bond donors (Lipinski definition) is 1. The molecule has 1 aromatic heterocycles. The molecular formula is C21H24ClN3O4S. The maximum atomic E-state index is 13.1. The monoisotopic (exact) mass is 449 g/mol. The van der Waals surface area contributed by atoms with Crippen molar-refractivity contribution in [2.75, 3.05) is 26.0 Å². The number of rotatable bonds is 6. The fourth-order valence-corrected chi connectivity index (χ4v) is 4.94. The summed E-state index contributed by atoms with van der Waals surface area (Å²) >= 11 is 7.57. The minimum Gasteiger partial charge on any atom is -0.452 e. The quantitative estimate of drug-likeness (QED) is 0.675. The van der Waals surface area contributed by atoms with E-state index in [0.29, 0.717) is 39.7 Å². The first kappa shape index (κ1) is 22.2. The van der Waals surface area contributed by atoms with Crippen LogP contribution in [0.2, 0.25) is 5.02 Å². The zero-order chi connectivity index (χ0) is 21.9. The highest BCUT2D eigenvalue weighted by molar-refractivity contribution is 7.10. The number of amides is 1. The van der Waals surface area contributed by atoms with Crippen molar-refractivity contribution in [2.45, 2.75) is 38.1 Å². The van der Waals surface area contributed by atoms with E-state index < -0.39 is 24.0 Å². The Morgan fingerprint density at radius 1 is 1.33 bits per heavy atom. The van der Waals surface area contributed by atoms with Crippen LogP contribution in [0.25, 0.3) is 0 Å². The highest BCUT2D eigenvalue weighted by atomic mass is 35.5. The molecular weight excluding hydrogens is 426 g/mol. The first-order valence-electron chi connectivity index (χ1n) is 9.69. The first-order chi connectivity index (χ1) is 14.3. The van der Waals surface area contributed by atoms with Crippen LogP contribution in [0.3, 0.4) is 0 Å². The molecule has 160 valence electrons. The van der Waals surface area contributed by atoms with E-state index in [4.69, 9.17) is 16.3 Å². The van der Waals surface area contributed by atoms with E-state index in [0.717, 1.165) is 24.4 Å². The molecule has 0 aliphatic heterocycles. The summed E-state index contributed by atoms with van der Waals surface area (Å²) in [6.45, 7) is 1.22. The fraction of sp³-hybridized carbons (Fsp3) is 0.429. The number of anilines is 1. The molecule has 1 unspecified atom stereocenters. The molecule has 1 heterocycles. The highest BCUT2D eigenvalue weighted by Crippen LogP contribution is 2.42. The summed E-state index contributed by atoms with van der Waals surface area (Å²) in [4.78, 5) is 40.0. The molecule has 1 aliphatic rings. The molecule has 0 radical (unpaired) electrons. The van der Waals surface area contributed by atoms with Gasteiger partial charge in [-0.3, -0.25) is 9.59 Å². The lowest BCUT2D eigenvalue weighted by atomic mass is 9.74. The van der Waals surface area contributed by atoms with Crippen LogP contribution in [0.15, 0.2) is 24.3 Å². The molecule has 0 spiro atoms. The number of esters is 1. The number of Topliss-reactive ketones (excluding diaryl/α,β-unsaturated/α-hetero) is 1. The molecule has 1 atom stereocenters. The Labute approximate surface area is 184 Å². The van der Waals surface area contributed by atoms with Crippen LogP contribution in [-0.4, -0.2) is 47.6 Å². The van der Waals surface area contributed by atoms with Gasteiger partial charge in [-0.25, -0.2) is 4.79 Å². The second-order valence-electron chi connectivity index (χ2n) is 7.22. The van der Waals surface area contributed by atoms with Gasteiger partial charge in [-0.1, -0.05) is 29.8 Å². The Kier molecular flexibility index (Phi) is 6.77. The summed E-state index contributed by atoms with van der Waals surface area (Å²) in [5.41, 5.74) is 0.294. The second-order valence-corrected chi connectivity index (χ2v) is 8.40. The molecule has 9 heteroatoms. The molecule has 0 saturated heterocycles. The Morgan fingerprint density at radius 2 is 2.07 bits per heavy atom. The van der Waals surface area contributed by atoms with E-state index in [1.165, 1.54) is 4.90 Å². The molecule has 1 saturated carbocycles. The van der Waals surface area contributed by atoms with Crippen molar-refractivity contribution in [3.63, 3.8) is 0 Å². The van der Waals surface area contributed by atoms with Crippen molar-refractivity contribution in [2.24, 2.45) is 0 Å². The van der Waals surface area contributed by atoms with E-state index in [9.17, 15) is 14.4 Å². The molecule has 2 aromatic rings. The van der Waals surface area contributed by atoms with E-state index in [1.54, 1.807) is 45.3 Å². The minimum absolute atomic E-state index is 0.0561. The Bertz CT molecular complexity index is 977. The summed E-state index contributed by atoms with van der Waals surface area (Å²) in [5, 5.41) is 3.91. The number of ether oxygens (including phenoxy) is 1. The number of ketones is 1. The molecule has 0 bridgehead atoms. The lowest BCUT2D eigenvalue weighted by Crippen LogP contribution is -2.55. The third-order valence-corrected chi connectivity index (χ3v) is 6.83. The van der Waals surface area contributed by atoms with E-state index in [2.05, 4.69) is 9.69 Å². The third-order valence-electron chi connectivity index (χ3n) is 5.54. The number of nitrogens with zero attached hydrogens (tertiary/aromatic N) is 2. The summed E-state index contributed by atoms with van der Waals surface area (Å²) in [6, 6.07) is 7.08. The van der Waals surface area contributed by atoms with Crippen LogP contribution in [-0.2, 0) is 19.9 Å². The van der Waals surface area contributed by atoms with Crippen LogP contribution < -0.4 is 5.32 Å². The minimum atomic E-state index is -1.16. The number of aryl methyl sites for hydroxylation is 1. The maximum absolute atomic E-state index is 13.1. The molecule has 1 fully saturated rings. The normalized spacial score (nSPS) is 18.7. The average Bonchev–Trinajstić information content (AvgIpc) is 3.13. The van der Waals surface area contributed by atoms with E-state index in [1.807, 2.05) is 0 Å². The van der Waals surface area contributed by atoms with Gasteiger partial charge in [0.15, 0.2) is 12.4 Å². The predicted molar refractivity (Wildman–Crippen MR) is 116 cm³/mol. The van der Waals surface area contributed by atoms with Gasteiger partial charge in [-0.15, -0.1) is 0 Å². The smallest absolute Gasteiger partial charge is 0.343 e. The Hall–Kier alpha value is -2.45. The first-order valence-corrected chi connectivity index (χ1v) is 10.8. The van der Waals surface area contributed by atoms with Gasteiger partial charge in [0, 0.05) is 31.1 Å². The van der Waals surface area contributed by atoms with Gasteiger partial charge >= 0.3 is 5.97 Å². The van der Waals surface area contributed by atoms with Crippen LogP contribution in [0, 0.1) is 6.92 Å². The topological polar surface area (TPSA) is 88.6 Å². The number of aromatic nitrogens is 1. The van der Waals surface area contributed by atoms with Crippen LogP contribution in [0.1, 0.15) is 47.3 Å². The molecule has 30 heavy (non-hydrogen) atoms. The van der Waals surface area contributed by atoms with E-state index in [-0.39, 0.29) is 5.78 Å². The summed E-state index contributed by atoms with van der Waals surface area (Å²) in [6.07, 6.45) is 2.41. The predicted octanol–water partition coefficient (Wildman–Crippen LogP) is 3.80. The number of hydrogen-bond acceptors (Lipinski definition) is 7. The fourth-order valence-electron chi connectivity index (χ4n) is 3.92. The van der Waals surface area contributed by atoms with Crippen molar-refractivity contribution >= 4 is 45.8 Å². The molecule has 1 N–H and O–H groups in total. The van der Waals surface area contributed by atoms with Gasteiger partial charge in [-0.2, -0.15) is 4.37 Å². The van der Waals surface area contributed by atoms with Crippen molar-refractivity contribution in [1.82, 2.24) is 9.27 Å². The standard InChI is InChI=1S/C21H24ClN3O4S/c1-13-18(19(23-2)30-24-13)20(28)29-12-17(27)25(3)21(11-7-6-10-16(21)26)14-8-4-5-9-15(14)22/h4-5,8-9,23H,6-7,10-12H2,1-3H3. The van der Waals surface area contributed by atoms with Crippen molar-refractivity contribution < 1.29 is 19.1 Å². The molecule has 1 aliphatic carbocycles. The third kappa shape index (κ3) is 3.94. The van der Waals surface area contributed by atoms with Gasteiger partial charge in [0.25, 0.3) is 5.91 Å². The number of carbonyl (C=O) groups excluding carboxylic acids is 3. The number of carbonyl (C=O) groups is 3. The number of benzene rings is 1. The number of likely N-dealkylation sites (N-methyl/N-ethyl adjacent to an activating group) is 1. The Balaban J connectivity index is 1.83. The van der Waals surface area contributed by atoms with Crippen molar-refractivity contribution in [1.29, 1.82) is 0 Å². The van der Waals surface area contributed by atoms with Gasteiger partial charge in [0.05, 0.1) is 5.69 Å². The van der Waals surface area contributed by atoms with Crippen LogP contribution in [0.4, 0.5) is 5.00 Å². The van der Waals surface area contributed by atoms with Crippen molar-refractivity contribution in [3.05, 3.63) is 46.1 Å². The SMILES string of the molecule is CNc1snc(C)c1C(=O)OCC(=O)N(C)C1(c2ccccc2Cl)CCCCC1=O. The highest BCUT2D eigenvalue weighted by Gasteiger charge is 2.48. The summed E-state index contributed by atoms with van der Waals surface area (Å²) in [7, 11) is 3.25. The zero-order valence-electron chi connectivity index (χ0n) is 17.2. The zero-order valence-corrected chi connectivity index (χ0v) is 18.7. The van der Waals surface area contributed by atoms with Crippen molar-refractivity contribution in [3.8, 4) is 0 Å². The van der Waals surface area contributed by atoms with Gasteiger partial charge < -0.3 is 15.0 Å². The molecule has 1 aromatic carbocycles. The van der Waals surface area contributed by atoms with Gasteiger partial charge in [0.1, 0.15) is 16.1 Å². The largest absolute Gasteiger partial charge is 0.452 e. The second kappa shape index (κ2) is 9.14.